The first-order valence-electron chi connectivity index (χ1n) is 6.01. The highest BCUT2D eigenvalue weighted by molar-refractivity contribution is 7.90. The van der Waals surface area contributed by atoms with Crippen LogP contribution in [-0.4, -0.2) is 14.2 Å². The molecule has 1 heterocycles. The smallest absolute Gasteiger partial charge is 0.185 e. The zero-order valence-electron chi connectivity index (χ0n) is 11.1. The Morgan fingerprint density at radius 2 is 2.05 bits per heavy atom. The van der Waals surface area contributed by atoms with Crippen molar-refractivity contribution >= 4 is 27.2 Å². The summed E-state index contributed by atoms with van der Waals surface area (Å²) in [7, 11) is -3.64. The lowest BCUT2D eigenvalue weighted by molar-refractivity contribution is -0.116. The van der Waals surface area contributed by atoms with E-state index in [-0.39, 0.29) is 33.2 Å². The molecule has 0 atom stereocenters. The molecule has 0 radical (unpaired) electrons. The van der Waals surface area contributed by atoms with Crippen LogP contribution in [0.25, 0.3) is 0 Å². The monoisotopic (exact) mass is 330 g/mol. The summed E-state index contributed by atoms with van der Waals surface area (Å²) in [6, 6.07) is 3.74. The number of sulfone groups is 1. The number of furan rings is 1. The zero-order valence-corrected chi connectivity index (χ0v) is 12.7. The molecule has 0 bridgehead atoms. The van der Waals surface area contributed by atoms with Gasteiger partial charge in [0.15, 0.2) is 9.84 Å². The summed E-state index contributed by atoms with van der Waals surface area (Å²) in [6.07, 6.45) is 2.19. The van der Waals surface area contributed by atoms with Gasteiger partial charge >= 0.3 is 0 Å². The van der Waals surface area contributed by atoms with Crippen LogP contribution in [0, 0.1) is 5.82 Å². The highest BCUT2D eigenvalue weighted by atomic mass is 35.5. The SMILES string of the molecule is CC(=O)Cc1c(F)ccc(CS(=O)(=O)c2ccoc2)c1Cl. The van der Waals surface area contributed by atoms with Crippen molar-refractivity contribution in [3.63, 3.8) is 0 Å². The molecule has 1 aromatic heterocycles. The summed E-state index contributed by atoms with van der Waals surface area (Å²) in [5.74, 6) is -1.28. The standard InChI is InChI=1S/C14H12ClFO4S/c1-9(17)6-12-13(16)3-2-10(14(12)15)8-21(18,19)11-4-5-20-7-11/h2-5,7H,6,8H2,1H3. The number of hydrogen-bond donors (Lipinski definition) is 0. The van der Waals surface area contributed by atoms with Gasteiger partial charge in [-0.1, -0.05) is 17.7 Å². The molecule has 4 nitrogen and oxygen atoms in total. The molecule has 0 unspecified atom stereocenters. The molecule has 0 amide bonds. The fourth-order valence-corrected chi connectivity index (χ4v) is 3.53. The topological polar surface area (TPSA) is 64.3 Å². The molecule has 0 aliphatic rings. The summed E-state index contributed by atoms with van der Waals surface area (Å²) < 4.78 is 42.8. The Bertz CT molecular complexity index is 767. The van der Waals surface area contributed by atoms with Gasteiger partial charge in [-0.05, 0) is 24.6 Å². The quantitative estimate of drug-likeness (QED) is 0.844. The Kier molecular flexibility index (Phi) is 4.49. The van der Waals surface area contributed by atoms with Gasteiger partial charge in [0.05, 0.1) is 17.0 Å². The first-order chi connectivity index (χ1) is 9.81. The number of Topliss-reactive ketones (excluding diaryl/α,β-unsaturated/α-hetero) is 1. The van der Waals surface area contributed by atoms with Crippen LogP contribution in [0.5, 0.6) is 0 Å². The van der Waals surface area contributed by atoms with E-state index >= 15 is 0 Å². The van der Waals surface area contributed by atoms with Crippen LogP contribution < -0.4 is 0 Å². The lowest BCUT2D eigenvalue weighted by atomic mass is 10.1. The minimum atomic E-state index is -3.64. The molecular weight excluding hydrogens is 319 g/mol. The van der Waals surface area contributed by atoms with Gasteiger partial charge in [-0.3, -0.25) is 4.79 Å². The number of benzene rings is 1. The van der Waals surface area contributed by atoms with Gasteiger partial charge in [-0.15, -0.1) is 0 Å². The fraction of sp³-hybridized carbons (Fsp3) is 0.214. The number of carbonyl (C=O) groups excluding carboxylic acids is 1. The van der Waals surface area contributed by atoms with Gasteiger partial charge < -0.3 is 4.42 Å². The average molecular weight is 331 g/mol. The molecule has 0 aliphatic heterocycles. The summed E-state index contributed by atoms with van der Waals surface area (Å²) in [4.78, 5) is 11.2. The van der Waals surface area contributed by atoms with Crippen LogP contribution in [0.1, 0.15) is 18.1 Å². The number of rotatable bonds is 5. The fourth-order valence-electron chi connectivity index (χ4n) is 1.89. The van der Waals surface area contributed by atoms with Crippen molar-refractivity contribution in [3.05, 3.63) is 52.7 Å². The molecular formula is C14H12ClFO4S. The number of halogens is 2. The molecule has 0 fully saturated rings. The lowest BCUT2D eigenvalue weighted by Crippen LogP contribution is -2.07. The third-order valence-electron chi connectivity index (χ3n) is 2.89. The molecule has 2 aromatic rings. The van der Waals surface area contributed by atoms with Crippen molar-refractivity contribution in [2.24, 2.45) is 0 Å². The van der Waals surface area contributed by atoms with E-state index in [0.717, 1.165) is 12.3 Å². The predicted molar refractivity (Wildman–Crippen MR) is 75.4 cm³/mol. The van der Waals surface area contributed by atoms with E-state index < -0.39 is 21.4 Å². The van der Waals surface area contributed by atoms with E-state index in [2.05, 4.69) is 0 Å². The molecule has 0 saturated heterocycles. The first kappa shape index (κ1) is 15.7. The second-order valence-corrected chi connectivity index (χ2v) is 6.96. The van der Waals surface area contributed by atoms with Gasteiger partial charge in [-0.2, -0.15) is 0 Å². The molecule has 21 heavy (non-hydrogen) atoms. The lowest BCUT2D eigenvalue weighted by Gasteiger charge is -2.10. The molecule has 7 heteroatoms. The minimum Gasteiger partial charge on any atom is -0.471 e. The molecule has 2 rings (SSSR count). The third kappa shape index (κ3) is 3.51. The van der Waals surface area contributed by atoms with Crippen molar-refractivity contribution in [1.29, 1.82) is 0 Å². The normalized spacial score (nSPS) is 11.6. The molecule has 0 spiro atoms. The number of ketones is 1. The predicted octanol–water partition coefficient (Wildman–Crippen LogP) is 3.18. The van der Waals surface area contributed by atoms with Crippen LogP contribution in [-0.2, 0) is 26.8 Å². The first-order valence-corrected chi connectivity index (χ1v) is 8.04. The van der Waals surface area contributed by atoms with Crippen LogP contribution in [0.15, 0.2) is 40.0 Å². The van der Waals surface area contributed by atoms with Gasteiger partial charge in [0.25, 0.3) is 0 Å². The van der Waals surface area contributed by atoms with E-state index in [4.69, 9.17) is 16.0 Å². The molecule has 0 N–H and O–H groups in total. The van der Waals surface area contributed by atoms with Crippen LogP contribution >= 0.6 is 11.6 Å². The van der Waals surface area contributed by atoms with Crippen LogP contribution in [0.4, 0.5) is 4.39 Å². The maximum Gasteiger partial charge on any atom is 0.185 e. The highest BCUT2D eigenvalue weighted by Gasteiger charge is 2.21. The Morgan fingerprint density at radius 3 is 2.62 bits per heavy atom. The average Bonchev–Trinajstić information content (AvgIpc) is 2.92. The summed E-state index contributed by atoms with van der Waals surface area (Å²) in [5.41, 5.74) is 0.263. The van der Waals surface area contributed by atoms with E-state index in [0.29, 0.717) is 0 Å². The largest absolute Gasteiger partial charge is 0.471 e. The molecule has 0 saturated carbocycles. The van der Waals surface area contributed by atoms with Crippen LogP contribution in [0.2, 0.25) is 5.02 Å². The molecule has 112 valence electrons. The Labute approximate surface area is 126 Å². The van der Waals surface area contributed by atoms with Gasteiger partial charge in [0, 0.05) is 12.0 Å². The van der Waals surface area contributed by atoms with Crippen molar-refractivity contribution < 1.29 is 22.0 Å². The van der Waals surface area contributed by atoms with E-state index in [9.17, 15) is 17.6 Å². The van der Waals surface area contributed by atoms with Gasteiger partial charge in [0.2, 0.25) is 0 Å². The van der Waals surface area contributed by atoms with E-state index in [1.807, 2.05) is 0 Å². The molecule has 1 aromatic carbocycles. The van der Waals surface area contributed by atoms with E-state index in [1.54, 1.807) is 0 Å². The second kappa shape index (κ2) is 5.99. The van der Waals surface area contributed by atoms with E-state index in [1.165, 1.54) is 25.3 Å². The van der Waals surface area contributed by atoms with Crippen molar-refractivity contribution in [3.8, 4) is 0 Å². The number of hydrogen-bond acceptors (Lipinski definition) is 4. The summed E-state index contributed by atoms with van der Waals surface area (Å²) in [5, 5.41) is -0.0303. The Morgan fingerprint density at radius 1 is 1.33 bits per heavy atom. The third-order valence-corrected chi connectivity index (χ3v) is 5.00. The van der Waals surface area contributed by atoms with Crippen molar-refractivity contribution in [2.75, 3.05) is 0 Å². The maximum atomic E-state index is 13.7. The summed E-state index contributed by atoms with van der Waals surface area (Å²) >= 11 is 6.05. The second-order valence-electron chi connectivity index (χ2n) is 4.60. The Balaban J connectivity index is 2.40. The number of carbonyl (C=O) groups is 1. The van der Waals surface area contributed by atoms with Crippen molar-refractivity contribution in [1.82, 2.24) is 0 Å². The molecule has 0 aliphatic carbocycles. The summed E-state index contributed by atoms with van der Waals surface area (Å²) in [6.45, 7) is 1.31. The van der Waals surface area contributed by atoms with Crippen molar-refractivity contribution in [2.45, 2.75) is 24.0 Å². The zero-order chi connectivity index (χ0) is 15.6. The maximum absolute atomic E-state index is 13.7. The minimum absolute atomic E-state index is 0.0176. The van der Waals surface area contributed by atoms with Gasteiger partial charge in [-0.25, -0.2) is 12.8 Å². The van der Waals surface area contributed by atoms with Gasteiger partial charge in [0.1, 0.15) is 22.8 Å². The Hall–Kier alpha value is -1.66. The van der Waals surface area contributed by atoms with Crippen LogP contribution in [0.3, 0.4) is 0 Å². The highest BCUT2D eigenvalue weighted by Crippen LogP contribution is 2.28.